The second kappa shape index (κ2) is 5.90. The molecule has 1 heterocycles. The van der Waals surface area contributed by atoms with Crippen LogP contribution in [0.25, 0.3) is 0 Å². The van der Waals surface area contributed by atoms with Crippen molar-refractivity contribution < 1.29 is 23.1 Å². The second-order valence-corrected chi connectivity index (χ2v) is 6.55. The monoisotopic (exact) mass is 299 g/mol. The molecule has 1 aliphatic heterocycles. The van der Waals surface area contributed by atoms with Gasteiger partial charge in [0.15, 0.2) is 0 Å². The van der Waals surface area contributed by atoms with Crippen LogP contribution in [0, 0.1) is 12.8 Å². The van der Waals surface area contributed by atoms with Crippen molar-refractivity contribution in [2.24, 2.45) is 5.92 Å². The van der Waals surface area contributed by atoms with Gasteiger partial charge in [0.25, 0.3) is 0 Å². The van der Waals surface area contributed by atoms with E-state index in [0.717, 1.165) is 6.42 Å². The quantitative estimate of drug-likeness (QED) is 0.846. The van der Waals surface area contributed by atoms with Crippen LogP contribution >= 0.6 is 0 Å². The molecule has 2 N–H and O–H groups in total. The summed E-state index contributed by atoms with van der Waals surface area (Å²) in [5.41, 5.74) is 0.243. The minimum atomic E-state index is -3.70. The predicted octanol–water partition coefficient (Wildman–Crippen LogP) is 1.01. The van der Waals surface area contributed by atoms with Crippen LogP contribution in [0.5, 0.6) is 0 Å². The largest absolute Gasteiger partial charge is 0.478 e. The zero-order valence-electron chi connectivity index (χ0n) is 11.1. The van der Waals surface area contributed by atoms with E-state index in [2.05, 4.69) is 4.72 Å². The van der Waals surface area contributed by atoms with Gasteiger partial charge in [0.2, 0.25) is 10.0 Å². The zero-order valence-corrected chi connectivity index (χ0v) is 11.9. The summed E-state index contributed by atoms with van der Waals surface area (Å²) in [7, 11) is -3.70. The third-order valence-electron chi connectivity index (χ3n) is 3.39. The van der Waals surface area contributed by atoms with Gasteiger partial charge in [-0.2, -0.15) is 0 Å². The maximum Gasteiger partial charge on any atom is 0.335 e. The Bertz CT molecular complexity index is 605. The topological polar surface area (TPSA) is 92.7 Å². The van der Waals surface area contributed by atoms with Crippen molar-refractivity contribution in [1.29, 1.82) is 0 Å². The highest BCUT2D eigenvalue weighted by molar-refractivity contribution is 7.89. The molecule has 1 aromatic rings. The highest BCUT2D eigenvalue weighted by Crippen LogP contribution is 2.19. The lowest BCUT2D eigenvalue weighted by molar-refractivity contribution is 0.0696. The van der Waals surface area contributed by atoms with Crippen molar-refractivity contribution in [2.75, 3.05) is 19.8 Å². The molecule has 1 saturated heterocycles. The van der Waals surface area contributed by atoms with Gasteiger partial charge in [-0.15, -0.1) is 0 Å². The molecule has 0 spiro atoms. The summed E-state index contributed by atoms with van der Waals surface area (Å²) >= 11 is 0. The van der Waals surface area contributed by atoms with E-state index in [0.29, 0.717) is 19.8 Å². The van der Waals surface area contributed by atoms with Crippen molar-refractivity contribution in [1.82, 2.24) is 4.72 Å². The molecule has 1 aromatic carbocycles. The van der Waals surface area contributed by atoms with Crippen LogP contribution < -0.4 is 4.72 Å². The normalized spacial score (nSPS) is 19.1. The lowest BCUT2D eigenvalue weighted by atomic mass is 10.1. The first-order valence-corrected chi connectivity index (χ1v) is 7.80. The van der Waals surface area contributed by atoms with Crippen LogP contribution in [0.1, 0.15) is 22.3 Å². The molecule has 20 heavy (non-hydrogen) atoms. The summed E-state index contributed by atoms with van der Waals surface area (Å²) in [4.78, 5) is 11.0. The average Bonchev–Trinajstić information content (AvgIpc) is 2.89. The zero-order chi connectivity index (χ0) is 14.8. The van der Waals surface area contributed by atoms with Gasteiger partial charge in [-0.3, -0.25) is 0 Å². The van der Waals surface area contributed by atoms with Crippen LogP contribution in [-0.2, 0) is 14.8 Å². The Morgan fingerprint density at radius 2 is 2.25 bits per heavy atom. The molecule has 0 bridgehead atoms. The van der Waals surface area contributed by atoms with E-state index in [9.17, 15) is 13.2 Å². The number of sulfonamides is 1. The van der Waals surface area contributed by atoms with Gasteiger partial charge in [0.1, 0.15) is 0 Å². The first-order chi connectivity index (χ1) is 9.42. The lowest BCUT2D eigenvalue weighted by Crippen LogP contribution is -2.30. The van der Waals surface area contributed by atoms with Gasteiger partial charge in [0.05, 0.1) is 17.1 Å². The number of aromatic carboxylic acids is 1. The van der Waals surface area contributed by atoms with Gasteiger partial charge >= 0.3 is 5.97 Å². The number of nitrogens with one attached hydrogen (secondary N) is 1. The highest BCUT2D eigenvalue weighted by Gasteiger charge is 2.23. The van der Waals surface area contributed by atoms with Crippen molar-refractivity contribution >= 4 is 16.0 Å². The molecule has 6 nitrogen and oxygen atoms in total. The number of hydrogen-bond acceptors (Lipinski definition) is 4. The van der Waals surface area contributed by atoms with E-state index in [1.807, 2.05) is 0 Å². The van der Waals surface area contributed by atoms with Gasteiger partial charge in [-0.05, 0) is 37.0 Å². The minimum absolute atomic E-state index is 0.00271. The van der Waals surface area contributed by atoms with Crippen molar-refractivity contribution in [3.8, 4) is 0 Å². The Morgan fingerprint density at radius 1 is 1.50 bits per heavy atom. The van der Waals surface area contributed by atoms with E-state index in [1.165, 1.54) is 25.1 Å². The smallest absolute Gasteiger partial charge is 0.335 e. The van der Waals surface area contributed by atoms with Gasteiger partial charge < -0.3 is 9.84 Å². The van der Waals surface area contributed by atoms with Crippen molar-refractivity contribution in [2.45, 2.75) is 18.2 Å². The molecular weight excluding hydrogens is 282 g/mol. The molecule has 2 rings (SSSR count). The van der Waals surface area contributed by atoms with Crippen LogP contribution in [0.15, 0.2) is 23.1 Å². The molecule has 7 heteroatoms. The third kappa shape index (κ3) is 3.17. The first-order valence-electron chi connectivity index (χ1n) is 6.32. The van der Waals surface area contributed by atoms with Crippen LogP contribution in [0.4, 0.5) is 0 Å². The fraction of sp³-hybridized carbons (Fsp3) is 0.462. The van der Waals surface area contributed by atoms with E-state index < -0.39 is 16.0 Å². The maximum atomic E-state index is 12.2. The molecule has 0 radical (unpaired) electrons. The molecule has 110 valence electrons. The van der Waals surface area contributed by atoms with Crippen LogP contribution in [0.3, 0.4) is 0 Å². The van der Waals surface area contributed by atoms with Gasteiger partial charge in [-0.25, -0.2) is 17.9 Å². The van der Waals surface area contributed by atoms with E-state index >= 15 is 0 Å². The Kier molecular flexibility index (Phi) is 4.42. The first kappa shape index (κ1) is 15.0. The van der Waals surface area contributed by atoms with Gasteiger partial charge in [-0.1, -0.05) is 6.07 Å². The number of carbonyl (C=O) groups is 1. The van der Waals surface area contributed by atoms with Crippen molar-refractivity contribution in [3.63, 3.8) is 0 Å². The van der Waals surface area contributed by atoms with E-state index in [1.54, 1.807) is 0 Å². The Hall–Kier alpha value is -1.44. The molecule has 0 aromatic heterocycles. The average molecular weight is 299 g/mol. The summed E-state index contributed by atoms with van der Waals surface area (Å²) in [5.74, 6) is -0.962. The SMILES string of the molecule is Cc1c(C(=O)O)cccc1S(=O)(=O)NCC1CCOC1. The van der Waals surface area contributed by atoms with E-state index in [4.69, 9.17) is 9.84 Å². The molecule has 1 atom stereocenters. The van der Waals surface area contributed by atoms with Crippen molar-refractivity contribution in [3.05, 3.63) is 29.3 Å². The third-order valence-corrected chi connectivity index (χ3v) is 4.96. The lowest BCUT2D eigenvalue weighted by Gasteiger charge is -2.13. The summed E-state index contributed by atoms with van der Waals surface area (Å²) < 4.78 is 32.2. The molecule has 1 aliphatic rings. The predicted molar refractivity (Wildman–Crippen MR) is 72.3 cm³/mol. The van der Waals surface area contributed by atoms with Crippen LogP contribution in [0.2, 0.25) is 0 Å². The highest BCUT2D eigenvalue weighted by atomic mass is 32.2. The molecule has 1 unspecified atom stereocenters. The molecule has 0 amide bonds. The number of hydrogen-bond donors (Lipinski definition) is 2. The summed E-state index contributed by atoms with van der Waals surface area (Å²) in [5, 5.41) is 9.03. The molecular formula is C13H17NO5S. The summed E-state index contributed by atoms with van der Waals surface area (Å²) in [6, 6.07) is 4.24. The maximum absolute atomic E-state index is 12.2. The standard InChI is InChI=1S/C13H17NO5S/c1-9-11(13(15)16)3-2-4-12(9)20(17,18)14-7-10-5-6-19-8-10/h2-4,10,14H,5-8H2,1H3,(H,15,16). The fourth-order valence-electron chi connectivity index (χ4n) is 2.19. The van der Waals surface area contributed by atoms with E-state index in [-0.39, 0.29) is 21.9 Å². The summed E-state index contributed by atoms with van der Waals surface area (Å²) in [6.45, 7) is 3.01. The Morgan fingerprint density at radius 3 is 2.85 bits per heavy atom. The number of ether oxygens (including phenoxy) is 1. The Labute approximate surface area is 117 Å². The molecule has 0 aliphatic carbocycles. The minimum Gasteiger partial charge on any atom is -0.478 e. The van der Waals surface area contributed by atoms with Crippen LogP contribution in [-0.4, -0.2) is 39.3 Å². The number of carboxylic acid groups (broad SMARTS) is 1. The Balaban J connectivity index is 2.20. The number of benzene rings is 1. The molecule has 1 fully saturated rings. The second-order valence-electron chi connectivity index (χ2n) is 4.82. The summed E-state index contributed by atoms with van der Waals surface area (Å²) in [6.07, 6.45) is 0.830. The fourth-order valence-corrected chi connectivity index (χ4v) is 3.57. The van der Waals surface area contributed by atoms with Gasteiger partial charge in [0, 0.05) is 13.2 Å². The number of carboxylic acids is 1. The molecule has 0 saturated carbocycles. The number of rotatable bonds is 5.